The summed E-state index contributed by atoms with van der Waals surface area (Å²) < 4.78 is 2.38. The molecule has 0 saturated carbocycles. The van der Waals surface area contributed by atoms with Gasteiger partial charge >= 0.3 is 0 Å². The molecular weight excluding hydrogens is 246 g/mol. The summed E-state index contributed by atoms with van der Waals surface area (Å²) in [6, 6.07) is 11.3. The minimum absolute atomic E-state index is 0.494. The summed E-state index contributed by atoms with van der Waals surface area (Å²) in [5.74, 6) is 1.71. The molecule has 0 radical (unpaired) electrons. The average Bonchev–Trinajstić information content (AvgIpc) is 3.07. The Balaban J connectivity index is 1.66. The highest BCUT2D eigenvalue weighted by Crippen LogP contribution is 2.26. The molecule has 1 atom stereocenters. The standard InChI is InChI=1S/C17H23N3/c1-14(2)17-18-9-11-20(17)16-8-10-19(13-16)12-15-6-4-3-5-7-15/h3-7,9,11,14,16H,8,10,12-13H2,1-2H3/t16-/m1/s1. The first kappa shape index (κ1) is 13.4. The molecular formula is C17H23N3. The van der Waals surface area contributed by atoms with E-state index in [0.717, 1.165) is 13.1 Å². The lowest BCUT2D eigenvalue weighted by Crippen LogP contribution is -2.21. The van der Waals surface area contributed by atoms with Crippen molar-refractivity contribution in [1.82, 2.24) is 14.5 Å². The summed E-state index contributed by atoms with van der Waals surface area (Å²) in [5.41, 5.74) is 1.41. The molecule has 3 heteroatoms. The van der Waals surface area contributed by atoms with Gasteiger partial charge in [0, 0.05) is 44.0 Å². The van der Waals surface area contributed by atoms with Crippen LogP contribution < -0.4 is 0 Å². The molecule has 0 aliphatic carbocycles. The van der Waals surface area contributed by atoms with Crippen molar-refractivity contribution in [1.29, 1.82) is 0 Å². The van der Waals surface area contributed by atoms with E-state index >= 15 is 0 Å². The van der Waals surface area contributed by atoms with Crippen LogP contribution in [0.1, 0.15) is 43.6 Å². The van der Waals surface area contributed by atoms with Crippen molar-refractivity contribution in [2.75, 3.05) is 13.1 Å². The van der Waals surface area contributed by atoms with Gasteiger partial charge in [0.1, 0.15) is 5.82 Å². The minimum atomic E-state index is 0.494. The summed E-state index contributed by atoms with van der Waals surface area (Å²) in [6.45, 7) is 7.80. The van der Waals surface area contributed by atoms with Crippen molar-refractivity contribution in [3.8, 4) is 0 Å². The van der Waals surface area contributed by atoms with Gasteiger partial charge in [-0.25, -0.2) is 4.98 Å². The molecule has 3 rings (SSSR count). The first-order valence-corrected chi connectivity index (χ1v) is 7.53. The van der Waals surface area contributed by atoms with E-state index in [2.05, 4.69) is 64.8 Å². The molecule has 1 fully saturated rings. The van der Waals surface area contributed by atoms with Gasteiger partial charge in [-0.2, -0.15) is 0 Å². The van der Waals surface area contributed by atoms with E-state index in [9.17, 15) is 0 Å². The largest absolute Gasteiger partial charge is 0.330 e. The predicted octanol–water partition coefficient (Wildman–Crippen LogP) is 3.45. The smallest absolute Gasteiger partial charge is 0.111 e. The van der Waals surface area contributed by atoms with Crippen LogP contribution in [0.3, 0.4) is 0 Å². The Labute approximate surface area is 121 Å². The first-order chi connectivity index (χ1) is 9.74. The second kappa shape index (κ2) is 5.80. The van der Waals surface area contributed by atoms with E-state index in [4.69, 9.17) is 0 Å². The van der Waals surface area contributed by atoms with E-state index in [0.29, 0.717) is 12.0 Å². The number of benzene rings is 1. The van der Waals surface area contributed by atoms with Gasteiger partial charge in [-0.15, -0.1) is 0 Å². The van der Waals surface area contributed by atoms with Crippen molar-refractivity contribution >= 4 is 0 Å². The van der Waals surface area contributed by atoms with Crippen LogP contribution in [-0.4, -0.2) is 27.5 Å². The lowest BCUT2D eigenvalue weighted by atomic mass is 10.2. The molecule has 0 amide bonds. The lowest BCUT2D eigenvalue weighted by molar-refractivity contribution is 0.314. The predicted molar refractivity (Wildman–Crippen MR) is 81.7 cm³/mol. The topological polar surface area (TPSA) is 21.1 Å². The van der Waals surface area contributed by atoms with Crippen LogP contribution in [0.15, 0.2) is 42.7 Å². The van der Waals surface area contributed by atoms with Crippen LogP contribution in [0.4, 0.5) is 0 Å². The highest BCUT2D eigenvalue weighted by atomic mass is 15.2. The molecule has 1 aromatic carbocycles. The van der Waals surface area contributed by atoms with Gasteiger partial charge in [0.15, 0.2) is 0 Å². The van der Waals surface area contributed by atoms with E-state index in [1.165, 1.54) is 24.4 Å². The number of hydrogen-bond donors (Lipinski definition) is 0. The molecule has 1 saturated heterocycles. The van der Waals surface area contributed by atoms with Crippen molar-refractivity contribution in [2.24, 2.45) is 0 Å². The van der Waals surface area contributed by atoms with Crippen molar-refractivity contribution < 1.29 is 0 Å². The molecule has 0 unspecified atom stereocenters. The molecule has 1 aliphatic rings. The monoisotopic (exact) mass is 269 g/mol. The Morgan fingerprint density at radius 3 is 2.80 bits per heavy atom. The van der Waals surface area contributed by atoms with E-state index in [-0.39, 0.29) is 0 Å². The van der Waals surface area contributed by atoms with Gasteiger partial charge < -0.3 is 4.57 Å². The number of aromatic nitrogens is 2. The van der Waals surface area contributed by atoms with E-state index < -0.39 is 0 Å². The molecule has 106 valence electrons. The molecule has 1 aliphatic heterocycles. The van der Waals surface area contributed by atoms with Gasteiger partial charge in [-0.1, -0.05) is 44.2 Å². The summed E-state index contributed by atoms with van der Waals surface area (Å²) in [6.07, 6.45) is 5.31. The number of nitrogens with zero attached hydrogens (tertiary/aromatic N) is 3. The van der Waals surface area contributed by atoms with Gasteiger partial charge in [0.2, 0.25) is 0 Å². The third kappa shape index (κ3) is 2.78. The quantitative estimate of drug-likeness (QED) is 0.847. The van der Waals surface area contributed by atoms with Crippen molar-refractivity contribution in [3.63, 3.8) is 0 Å². The van der Waals surface area contributed by atoms with E-state index in [1.807, 2.05) is 6.20 Å². The first-order valence-electron chi connectivity index (χ1n) is 7.53. The van der Waals surface area contributed by atoms with Crippen molar-refractivity contribution in [3.05, 3.63) is 54.1 Å². The van der Waals surface area contributed by atoms with Gasteiger partial charge in [-0.3, -0.25) is 4.90 Å². The summed E-state index contributed by atoms with van der Waals surface area (Å²) in [7, 11) is 0. The van der Waals surface area contributed by atoms with Crippen LogP contribution >= 0.6 is 0 Å². The Morgan fingerprint density at radius 1 is 1.25 bits per heavy atom. The third-order valence-electron chi connectivity index (χ3n) is 4.10. The Kier molecular flexibility index (Phi) is 3.88. The minimum Gasteiger partial charge on any atom is -0.330 e. The normalized spacial score (nSPS) is 19.9. The van der Waals surface area contributed by atoms with Crippen LogP contribution in [0.25, 0.3) is 0 Å². The van der Waals surface area contributed by atoms with Crippen LogP contribution in [0, 0.1) is 0 Å². The maximum atomic E-state index is 4.51. The zero-order valence-electron chi connectivity index (χ0n) is 12.4. The van der Waals surface area contributed by atoms with Crippen molar-refractivity contribution in [2.45, 2.75) is 38.8 Å². The Hall–Kier alpha value is -1.61. The van der Waals surface area contributed by atoms with Gasteiger partial charge in [-0.05, 0) is 12.0 Å². The Morgan fingerprint density at radius 2 is 2.05 bits per heavy atom. The van der Waals surface area contributed by atoms with Crippen LogP contribution in [-0.2, 0) is 6.54 Å². The second-order valence-electron chi connectivity index (χ2n) is 6.01. The lowest BCUT2D eigenvalue weighted by Gasteiger charge is -2.19. The highest BCUT2D eigenvalue weighted by molar-refractivity contribution is 5.14. The molecule has 1 aromatic heterocycles. The maximum Gasteiger partial charge on any atom is 0.111 e. The molecule has 2 aromatic rings. The third-order valence-corrected chi connectivity index (χ3v) is 4.10. The zero-order valence-corrected chi connectivity index (χ0v) is 12.4. The highest BCUT2D eigenvalue weighted by Gasteiger charge is 2.25. The maximum absolute atomic E-state index is 4.51. The summed E-state index contributed by atoms with van der Waals surface area (Å²) in [4.78, 5) is 7.06. The summed E-state index contributed by atoms with van der Waals surface area (Å²) >= 11 is 0. The fraction of sp³-hybridized carbons (Fsp3) is 0.471. The molecule has 2 heterocycles. The van der Waals surface area contributed by atoms with Crippen LogP contribution in [0.5, 0.6) is 0 Å². The molecule has 20 heavy (non-hydrogen) atoms. The van der Waals surface area contributed by atoms with Gasteiger partial charge in [0.25, 0.3) is 0 Å². The molecule has 0 N–H and O–H groups in total. The number of imidazole rings is 1. The number of rotatable bonds is 4. The summed E-state index contributed by atoms with van der Waals surface area (Å²) in [5, 5.41) is 0. The molecule has 3 nitrogen and oxygen atoms in total. The second-order valence-corrected chi connectivity index (χ2v) is 6.01. The fourth-order valence-electron chi connectivity index (χ4n) is 3.11. The SMILES string of the molecule is CC(C)c1nccn1[C@@H]1CCN(Cc2ccccc2)C1. The molecule has 0 spiro atoms. The average molecular weight is 269 g/mol. The van der Waals surface area contributed by atoms with E-state index in [1.54, 1.807) is 0 Å². The fourth-order valence-corrected chi connectivity index (χ4v) is 3.11. The number of hydrogen-bond acceptors (Lipinski definition) is 2. The Bertz CT molecular complexity index is 544. The number of likely N-dealkylation sites (tertiary alicyclic amines) is 1. The molecule has 0 bridgehead atoms. The zero-order chi connectivity index (χ0) is 13.9. The van der Waals surface area contributed by atoms with Gasteiger partial charge in [0.05, 0.1) is 0 Å². The van der Waals surface area contributed by atoms with Crippen LogP contribution in [0.2, 0.25) is 0 Å².